The average Bonchev–Trinajstić information content (AvgIpc) is 3.03. The molecule has 2 saturated heterocycles. The van der Waals surface area contributed by atoms with Gasteiger partial charge in [0, 0.05) is 31.9 Å². The van der Waals surface area contributed by atoms with Gasteiger partial charge in [-0.15, -0.1) is 0 Å². The second-order valence-electron chi connectivity index (χ2n) is 6.73. The molecule has 0 aromatic carbocycles. The summed E-state index contributed by atoms with van der Waals surface area (Å²) in [5.41, 5.74) is -0.249. The van der Waals surface area contributed by atoms with Crippen LogP contribution in [0.25, 0.3) is 0 Å². The van der Waals surface area contributed by atoms with Crippen molar-refractivity contribution in [2.24, 2.45) is 10.4 Å². The predicted molar refractivity (Wildman–Crippen MR) is 94.3 cm³/mol. The zero-order valence-electron chi connectivity index (χ0n) is 14.5. The van der Waals surface area contributed by atoms with Gasteiger partial charge < -0.3 is 25.4 Å². The third kappa shape index (κ3) is 4.19. The lowest BCUT2D eigenvalue weighted by atomic mass is 9.87. The van der Waals surface area contributed by atoms with Gasteiger partial charge in [-0.3, -0.25) is 4.99 Å². The number of hydrogen-bond acceptors (Lipinski definition) is 5. The molecule has 25 heavy (non-hydrogen) atoms. The maximum atomic E-state index is 13.9. The second-order valence-corrected chi connectivity index (χ2v) is 6.73. The molecule has 1 aromatic heterocycles. The Kier molecular flexibility index (Phi) is 5.70. The standard InChI is InChI=1S/C17H26FN5O2/c1-2-19-16(21-9-17(10-24)11-25-12-17)22-13-5-7-23(8-13)15-14(18)4-3-6-20-15/h3-4,6,13,24H,2,5,7-12H2,1H3,(H2,19,21,22). The van der Waals surface area contributed by atoms with Crippen LogP contribution in [0.15, 0.2) is 23.3 Å². The van der Waals surface area contributed by atoms with Gasteiger partial charge in [0.05, 0.1) is 31.8 Å². The molecule has 0 amide bonds. The molecular weight excluding hydrogens is 325 g/mol. The third-order valence-electron chi connectivity index (χ3n) is 4.64. The molecule has 1 unspecified atom stereocenters. The van der Waals surface area contributed by atoms with Gasteiger partial charge in [0.25, 0.3) is 0 Å². The van der Waals surface area contributed by atoms with E-state index in [-0.39, 0.29) is 23.9 Å². The van der Waals surface area contributed by atoms with Gasteiger partial charge in [-0.2, -0.15) is 0 Å². The van der Waals surface area contributed by atoms with Crippen molar-refractivity contribution >= 4 is 11.8 Å². The fraction of sp³-hybridized carbons (Fsp3) is 0.647. The topological polar surface area (TPSA) is 82.0 Å². The molecule has 7 nitrogen and oxygen atoms in total. The summed E-state index contributed by atoms with van der Waals surface area (Å²) in [6.45, 7) is 5.86. The molecule has 3 heterocycles. The average molecular weight is 351 g/mol. The van der Waals surface area contributed by atoms with Gasteiger partial charge in [0.2, 0.25) is 0 Å². The summed E-state index contributed by atoms with van der Waals surface area (Å²) in [7, 11) is 0. The summed E-state index contributed by atoms with van der Waals surface area (Å²) < 4.78 is 19.1. The van der Waals surface area contributed by atoms with Crippen LogP contribution < -0.4 is 15.5 Å². The minimum Gasteiger partial charge on any atom is -0.396 e. The van der Waals surface area contributed by atoms with Gasteiger partial charge in [-0.25, -0.2) is 9.37 Å². The van der Waals surface area contributed by atoms with Crippen molar-refractivity contribution in [3.63, 3.8) is 0 Å². The molecule has 8 heteroatoms. The zero-order valence-corrected chi connectivity index (χ0v) is 14.5. The number of aromatic nitrogens is 1. The number of ether oxygens (including phenoxy) is 1. The van der Waals surface area contributed by atoms with E-state index in [1.165, 1.54) is 6.07 Å². The molecule has 138 valence electrons. The SMILES string of the molecule is CCNC(=NCC1(CO)COC1)NC1CCN(c2ncccc2F)C1. The quantitative estimate of drug-likeness (QED) is 0.507. The highest BCUT2D eigenvalue weighted by atomic mass is 19.1. The van der Waals surface area contributed by atoms with Crippen molar-refractivity contribution in [2.45, 2.75) is 19.4 Å². The van der Waals surface area contributed by atoms with Crippen LogP contribution in [0.1, 0.15) is 13.3 Å². The van der Waals surface area contributed by atoms with Gasteiger partial charge in [0.1, 0.15) is 0 Å². The monoisotopic (exact) mass is 351 g/mol. The number of rotatable bonds is 6. The van der Waals surface area contributed by atoms with E-state index in [4.69, 9.17) is 4.74 Å². The minimum atomic E-state index is -0.293. The van der Waals surface area contributed by atoms with E-state index >= 15 is 0 Å². The molecule has 0 aliphatic carbocycles. The Morgan fingerprint density at radius 2 is 2.40 bits per heavy atom. The number of nitrogens with zero attached hydrogens (tertiary/aromatic N) is 3. The van der Waals surface area contributed by atoms with Crippen LogP contribution in [0.4, 0.5) is 10.2 Å². The number of anilines is 1. The van der Waals surface area contributed by atoms with E-state index in [0.29, 0.717) is 32.1 Å². The molecule has 0 radical (unpaired) electrons. The number of halogens is 1. The Morgan fingerprint density at radius 1 is 1.56 bits per heavy atom. The molecule has 0 bridgehead atoms. The highest BCUT2D eigenvalue weighted by Crippen LogP contribution is 2.27. The lowest BCUT2D eigenvalue weighted by Crippen LogP contribution is -2.50. The first-order valence-corrected chi connectivity index (χ1v) is 8.75. The Labute approximate surface area is 147 Å². The van der Waals surface area contributed by atoms with E-state index in [0.717, 1.165) is 25.5 Å². The van der Waals surface area contributed by atoms with Gasteiger partial charge in [-0.1, -0.05) is 0 Å². The van der Waals surface area contributed by atoms with Crippen molar-refractivity contribution in [3.8, 4) is 0 Å². The first-order chi connectivity index (χ1) is 12.2. The summed E-state index contributed by atoms with van der Waals surface area (Å²) in [6, 6.07) is 3.20. The predicted octanol–water partition coefficient (Wildman–Crippen LogP) is 0.363. The molecule has 1 atom stereocenters. The smallest absolute Gasteiger partial charge is 0.191 e. The second kappa shape index (κ2) is 7.97. The fourth-order valence-electron chi connectivity index (χ4n) is 3.06. The van der Waals surface area contributed by atoms with E-state index < -0.39 is 0 Å². The molecule has 3 N–H and O–H groups in total. The van der Waals surface area contributed by atoms with E-state index in [1.54, 1.807) is 12.3 Å². The molecule has 2 fully saturated rings. The van der Waals surface area contributed by atoms with Gasteiger partial charge in [-0.05, 0) is 25.5 Å². The van der Waals surface area contributed by atoms with Gasteiger partial charge in [0.15, 0.2) is 17.6 Å². The molecule has 3 rings (SSSR count). The van der Waals surface area contributed by atoms with Crippen molar-refractivity contribution in [1.29, 1.82) is 0 Å². The first-order valence-electron chi connectivity index (χ1n) is 8.75. The van der Waals surface area contributed by atoms with Crippen LogP contribution in [0.2, 0.25) is 0 Å². The number of nitrogens with one attached hydrogen (secondary N) is 2. The van der Waals surface area contributed by atoms with Crippen LogP contribution in [0.5, 0.6) is 0 Å². The molecule has 0 spiro atoms. The van der Waals surface area contributed by atoms with E-state index in [2.05, 4.69) is 20.6 Å². The number of pyridine rings is 1. The number of guanidine groups is 1. The fourth-order valence-corrected chi connectivity index (χ4v) is 3.06. The Morgan fingerprint density at radius 3 is 3.04 bits per heavy atom. The molecule has 0 saturated carbocycles. The molecular formula is C17H26FN5O2. The molecule has 2 aliphatic heterocycles. The molecule has 2 aliphatic rings. The van der Waals surface area contributed by atoms with E-state index in [9.17, 15) is 9.50 Å². The maximum absolute atomic E-state index is 13.9. The number of aliphatic hydroxyl groups is 1. The number of aliphatic imine (C=N–C) groups is 1. The Hall–Kier alpha value is -1.93. The summed E-state index contributed by atoms with van der Waals surface area (Å²) in [5, 5.41) is 16.1. The van der Waals surface area contributed by atoms with E-state index in [1.807, 2.05) is 11.8 Å². The number of aliphatic hydroxyl groups excluding tert-OH is 1. The van der Waals surface area contributed by atoms with Crippen molar-refractivity contribution < 1.29 is 14.2 Å². The van der Waals surface area contributed by atoms with Crippen LogP contribution in [-0.4, -0.2) is 68.1 Å². The van der Waals surface area contributed by atoms with Crippen LogP contribution >= 0.6 is 0 Å². The summed E-state index contributed by atoms with van der Waals surface area (Å²) in [5.74, 6) is 0.828. The largest absolute Gasteiger partial charge is 0.396 e. The maximum Gasteiger partial charge on any atom is 0.191 e. The Bertz CT molecular complexity index is 603. The third-order valence-corrected chi connectivity index (χ3v) is 4.64. The Balaban J connectivity index is 1.58. The van der Waals surface area contributed by atoms with Crippen LogP contribution in [-0.2, 0) is 4.74 Å². The normalized spacial score (nSPS) is 22.6. The van der Waals surface area contributed by atoms with Gasteiger partial charge >= 0.3 is 0 Å². The highest BCUT2D eigenvalue weighted by molar-refractivity contribution is 5.80. The summed E-state index contributed by atoms with van der Waals surface area (Å²) in [6.07, 6.45) is 2.49. The number of hydrogen-bond donors (Lipinski definition) is 3. The lowest BCUT2D eigenvalue weighted by molar-refractivity contribution is -0.130. The van der Waals surface area contributed by atoms with Crippen LogP contribution in [0, 0.1) is 11.2 Å². The molecule has 1 aromatic rings. The van der Waals surface area contributed by atoms with Crippen molar-refractivity contribution in [1.82, 2.24) is 15.6 Å². The highest BCUT2D eigenvalue weighted by Gasteiger charge is 2.38. The summed E-state index contributed by atoms with van der Waals surface area (Å²) in [4.78, 5) is 10.7. The zero-order chi connectivity index (χ0) is 17.7. The van der Waals surface area contributed by atoms with Crippen molar-refractivity contribution in [2.75, 3.05) is 50.9 Å². The lowest BCUT2D eigenvalue weighted by Gasteiger charge is -2.38. The summed E-state index contributed by atoms with van der Waals surface area (Å²) >= 11 is 0. The van der Waals surface area contributed by atoms with Crippen molar-refractivity contribution in [3.05, 3.63) is 24.1 Å². The van der Waals surface area contributed by atoms with Crippen LogP contribution in [0.3, 0.4) is 0 Å². The minimum absolute atomic E-state index is 0.0755. The first kappa shape index (κ1) is 17.9.